The number of unbranched alkanes of at least 4 members (excludes halogenated alkanes) is 15. The number of hydrogen-bond acceptors (Lipinski definition) is 7. The molecule has 45 heavy (non-hydrogen) atoms. The molecule has 0 saturated carbocycles. The van der Waals surface area contributed by atoms with Gasteiger partial charge >= 0.3 is 19.8 Å². The minimum absolute atomic E-state index is 0.0651. The van der Waals surface area contributed by atoms with Crippen LogP contribution in [-0.4, -0.2) is 75.4 Å². The van der Waals surface area contributed by atoms with Crippen molar-refractivity contribution in [2.24, 2.45) is 10.8 Å². The molecule has 2 atom stereocenters. The van der Waals surface area contributed by atoms with E-state index in [0.717, 1.165) is 19.3 Å². The Morgan fingerprint density at radius 1 is 0.622 bits per heavy atom. The van der Waals surface area contributed by atoms with Crippen LogP contribution >= 0.6 is 7.82 Å². The second-order valence-corrected chi connectivity index (χ2v) is 16.2. The lowest BCUT2D eigenvalue weighted by atomic mass is 9.72. The minimum atomic E-state index is -4.23. The van der Waals surface area contributed by atoms with Crippen molar-refractivity contribution in [3.63, 3.8) is 0 Å². The number of phosphoric ester groups is 1. The number of carbonyl (C=O) groups is 2. The summed E-state index contributed by atoms with van der Waals surface area (Å²) in [4.78, 5) is 35.7. The van der Waals surface area contributed by atoms with Crippen LogP contribution in [0.25, 0.3) is 0 Å². The maximum atomic E-state index is 12.9. The Balaban J connectivity index is 4.12. The maximum absolute atomic E-state index is 12.9. The number of likely N-dealkylation sites (N-methyl/N-ethyl adjacent to an activating group) is 1. The molecule has 0 aliphatic heterocycles. The fourth-order valence-electron chi connectivity index (χ4n) is 5.33. The van der Waals surface area contributed by atoms with Crippen LogP contribution < -0.4 is 0 Å². The van der Waals surface area contributed by atoms with Crippen molar-refractivity contribution in [3.8, 4) is 0 Å². The van der Waals surface area contributed by atoms with Gasteiger partial charge in [-0.05, 0) is 40.0 Å². The van der Waals surface area contributed by atoms with Crippen LogP contribution in [0.2, 0.25) is 0 Å². The number of quaternary nitrogens is 1. The molecule has 268 valence electrons. The number of nitrogens with zero attached hydrogens (tertiary/aromatic N) is 1. The van der Waals surface area contributed by atoms with Crippen LogP contribution in [0.3, 0.4) is 0 Å². The third-order valence-electron chi connectivity index (χ3n) is 8.48. The number of esters is 2. The van der Waals surface area contributed by atoms with E-state index in [-0.39, 0.29) is 32.2 Å². The molecule has 0 heterocycles. The fourth-order valence-corrected chi connectivity index (χ4v) is 6.02. The maximum Gasteiger partial charge on any atom is 0.472 e. The van der Waals surface area contributed by atoms with Gasteiger partial charge in [-0.1, -0.05) is 110 Å². The van der Waals surface area contributed by atoms with E-state index in [1.54, 1.807) is 20.8 Å². The summed E-state index contributed by atoms with van der Waals surface area (Å²) in [6.45, 7) is 10.0. The average molecular weight is 665 g/mol. The Morgan fingerprint density at radius 2 is 1.04 bits per heavy atom. The van der Waals surface area contributed by atoms with Crippen LogP contribution in [0.5, 0.6) is 0 Å². The summed E-state index contributed by atoms with van der Waals surface area (Å²) in [5.41, 5.74) is -1.78. The van der Waals surface area contributed by atoms with Crippen LogP contribution in [0, 0.1) is 10.8 Å². The standard InChI is InChI=1S/C35H70NO8P/c1-9-11-12-13-14-15-16-17-18-19-20-21-22-23-24-25-27-41-32(37)34(3,4)31-35(5,10-2)33(38)42-29-30-44-45(39,40)43-28-26-36(6,7)8/h9-31H2,1-8H3/p+1. The van der Waals surface area contributed by atoms with Crippen molar-refractivity contribution in [1.29, 1.82) is 0 Å². The highest BCUT2D eigenvalue weighted by Gasteiger charge is 2.43. The smallest absolute Gasteiger partial charge is 0.465 e. The Morgan fingerprint density at radius 3 is 1.49 bits per heavy atom. The van der Waals surface area contributed by atoms with E-state index in [9.17, 15) is 19.0 Å². The average Bonchev–Trinajstić information content (AvgIpc) is 2.95. The largest absolute Gasteiger partial charge is 0.472 e. The fraction of sp³-hybridized carbons (Fsp3) is 0.943. The first-order valence-corrected chi connectivity index (χ1v) is 19.3. The van der Waals surface area contributed by atoms with Gasteiger partial charge in [0.25, 0.3) is 0 Å². The first kappa shape index (κ1) is 44.0. The molecule has 1 N–H and O–H groups in total. The minimum Gasteiger partial charge on any atom is -0.465 e. The Hall–Kier alpha value is -0.990. The van der Waals surface area contributed by atoms with Crippen LogP contribution in [0.15, 0.2) is 0 Å². The van der Waals surface area contributed by atoms with Crippen molar-refractivity contribution < 1.29 is 42.1 Å². The molecule has 0 fully saturated rings. The molecule has 0 aromatic heterocycles. The molecular weight excluding hydrogens is 593 g/mol. The third-order valence-corrected chi connectivity index (χ3v) is 9.49. The normalized spacial score (nSPS) is 15.0. The van der Waals surface area contributed by atoms with Gasteiger partial charge in [0.05, 0.1) is 45.2 Å². The lowest BCUT2D eigenvalue weighted by Crippen LogP contribution is -2.39. The second kappa shape index (κ2) is 24.2. The summed E-state index contributed by atoms with van der Waals surface area (Å²) in [7, 11) is 1.60. The Bertz CT molecular complexity index is 829. The lowest BCUT2D eigenvalue weighted by Gasteiger charge is -2.33. The van der Waals surface area contributed by atoms with E-state index in [1.165, 1.54) is 83.5 Å². The molecule has 0 saturated heterocycles. The first-order chi connectivity index (χ1) is 21.1. The highest BCUT2D eigenvalue weighted by molar-refractivity contribution is 7.47. The highest BCUT2D eigenvalue weighted by atomic mass is 31.2. The summed E-state index contributed by atoms with van der Waals surface area (Å²) in [5, 5.41) is 0. The zero-order valence-corrected chi connectivity index (χ0v) is 31.4. The van der Waals surface area contributed by atoms with Gasteiger partial charge in [-0.25, -0.2) is 4.57 Å². The van der Waals surface area contributed by atoms with E-state index in [4.69, 9.17) is 18.5 Å². The number of rotatable bonds is 30. The highest BCUT2D eigenvalue weighted by Crippen LogP contribution is 2.43. The molecule has 0 rings (SSSR count). The van der Waals surface area contributed by atoms with Gasteiger partial charge in [0, 0.05) is 0 Å². The molecule has 10 heteroatoms. The molecule has 9 nitrogen and oxygen atoms in total. The van der Waals surface area contributed by atoms with Crippen molar-refractivity contribution in [2.45, 2.75) is 150 Å². The van der Waals surface area contributed by atoms with E-state index in [2.05, 4.69) is 6.92 Å². The quantitative estimate of drug-likeness (QED) is 0.0351. The monoisotopic (exact) mass is 664 g/mol. The molecule has 0 radical (unpaired) electrons. The summed E-state index contributed by atoms with van der Waals surface area (Å²) in [6, 6.07) is 0. The summed E-state index contributed by atoms with van der Waals surface area (Å²) >= 11 is 0. The van der Waals surface area contributed by atoms with E-state index < -0.39 is 24.6 Å². The molecule has 0 aromatic carbocycles. The van der Waals surface area contributed by atoms with E-state index >= 15 is 0 Å². The molecule has 0 aliphatic rings. The van der Waals surface area contributed by atoms with Crippen LogP contribution in [0.4, 0.5) is 0 Å². The van der Waals surface area contributed by atoms with E-state index in [0.29, 0.717) is 24.1 Å². The Labute approximate surface area is 276 Å². The van der Waals surface area contributed by atoms with Gasteiger partial charge in [-0.15, -0.1) is 0 Å². The molecule has 0 amide bonds. The van der Waals surface area contributed by atoms with Crippen molar-refractivity contribution in [1.82, 2.24) is 0 Å². The predicted octanol–water partition coefficient (Wildman–Crippen LogP) is 9.01. The molecule has 0 aromatic rings. The number of hydrogen-bond donors (Lipinski definition) is 1. The predicted molar refractivity (Wildman–Crippen MR) is 183 cm³/mol. The topological polar surface area (TPSA) is 108 Å². The molecule has 0 spiro atoms. The zero-order chi connectivity index (χ0) is 34.2. The molecule has 2 unspecified atom stereocenters. The molecule has 0 bridgehead atoms. The first-order valence-electron chi connectivity index (χ1n) is 17.9. The van der Waals surface area contributed by atoms with Gasteiger partial charge in [0.2, 0.25) is 0 Å². The van der Waals surface area contributed by atoms with Gasteiger partial charge in [-0.2, -0.15) is 0 Å². The van der Waals surface area contributed by atoms with Crippen molar-refractivity contribution in [3.05, 3.63) is 0 Å². The molecule has 0 aliphatic carbocycles. The summed E-state index contributed by atoms with van der Waals surface area (Å²) in [6.07, 6.45) is 21.4. The van der Waals surface area contributed by atoms with Crippen molar-refractivity contribution in [2.75, 3.05) is 54.1 Å². The van der Waals surface area contributed by atoms with E-state index in [1.807, 2.05) is 28.1 Å². The molecular formula is C35H71NO8P+. The Kier molecular flexibility index (Phi) is 23.7. The van der Waals surface area contributed by atoms with Crippen molar-refractivity contribution >= 4 is 19.8 Å². The number of carbonyl (C=O) groups excluding carboxylic acids is 2. The van der Waals surface area contributed by atoms with Gasteiger partial charge in [0.1, 0.15) is 19.8 Å². The van der Waals surface area contributed by atoms with Crippen LogP contribution in [0.1, 0.15) is 150 Å². The van der Waals surface area contributed by atoms with Gasteiger partial charge < -0.3 is 18.9 Å². The van der Waals surface area contributed by atoms with Gasteiger partial charge in [0.15, 0.2) is 0 Å². The summed E-state index contributed by atoms with van der Waals surface area (Å²) in [5.74, 6) is -0.794. The van der Waals surface area contributed by atoms with Crippen LogP contribution in [-0.2, 0) is 32.7 Å². The lowest BCUT2D eigenvalue weighted by molar-refractivity contribution is -0.870. The third kappa shape index (κ3) is 23.9. The number of ether oxygens (including phenoxy) is 2. The number of phosphoric acid groups is 1. The second-order valence-electron chi connectivity index (χ2n) is 14.7. The summed E-state index contributed by atoms with van der Waals surface area (Å²) < 4.78 is 33.5. The SMILES string of the molecule is CCCCCCCCCCCCCCCCCCOC(=O)C(C)(C)CC(C)(CC)C(=O)OCCOP(=O)(O)OCC[N+](C)(C)C. The zero-order valence-electron chi connectivity index (χ0n) is 30.5. The van der Waals surface area contributed by atoms with Gasteiger partial charge in [-0.3, -0.25) is 18.6 Å².